The molecule has 1 aromatic heterocycles. The van der Waals surface area contributed by atoms with E-state index in [4.69, 9.17) is 0 Å². The van der Waals surface area contributed by atoms with Gasteiger partial charge in [0.15, 0.2) is 0 Å². The summed E-state index contributed by atoms with van der Waals surface area (Å²) in [6.45, 7) is 3.99. The number of carbonyl (C=O) groups is 2. The van der Waals surface area contributed by atoms with Crippen molar-refractivity contribution in [2.24, 2.45) is 0 Å². The Balaban J connectivity index is 1.93. The van der Waals surface area contributed by atoms with Crippen LogP contribution in [0.1, 0.15) is 40.7 Å². The number of nitrogens with zero attached hydrogens (tertiary/aromatic N) is 1. The van der Waals surface area contributed by atoms with Crippen molar-refractivity contribution >= 4 is 44.8 Å². The van der Waals surface area contributed by atoms with Gasteiger partial charge in [-0.2, -0.15) is 0 Å². The molecular formula is C22H21BrN2O2S. The van der Waals surface area contributed by atoms with Gasteiger partial charge in [0.25, 0.3) is 5.91 Å². The zero-order valence-electron chi connectivity index (χ0n) is 15.7. The molecular weight excluding hydrogens is 436 g/mol. The van der Waals surface area contributed by atoms with Crippen molar-refractivity contribution in [3.8, 4) is 0 Å². The van der Waals surface area contributed by atoms with E-state index in [9.17, 15) is 9.59 Å². The van der Waals surface area contributed by atoms with Crippen LogP contribution in [0.3, 0.4) is 0 Å². The minimum absolute atomic E-state index is 0.0167. The second-order valence-corrected chi connectivity index (χ2v) is 8.97. The summed E-state index contributed by atoms with van der Waals surface area (Å²) in [5.41, 5.74) is 2.75. The Kier molecular flexibility index (Phi) is 6.65. The van der Waals surface area contributed by atoms with Gasteiger partial charge in [-0.3, -0.25) is 9.59 Å². The first-order valence-corrected chi connectivity index (χ1v) is 10.5. The van der Waals surface area contributed by atoms with Gasteiger partial charge in [-0.15, -0.1) is 11.3 Å². The Morgan fingerprint density at radius 1 is 1.07 bits per heavy atom. The van der Waals surface area contributed by atoms with E-state index in [1.54, 1.807) is 0 Å². The van der Waals surface area contributed by atoms with Crippen molar-refractivity contribution in [3.05, 3.63) is 86.5 Å². The molecule has 2 aromatic carbocycles. The fraction of sp³-hybridized carbons (Fsp3) is 0.182. The van der Waals surface area contributed by atoms with Gasteiger partial charge in [-0.1, -0.05) is 42.5 Å². The molecule has 0 aliphatic rings. The monoisotopic (exact) mass is 456 g/mol. The van der Waals surface area contributed by atoms with Gasteiger partial charge in [0, 0.05) is 19.2 Å². The molecule has 6 heteroatoms. The third-order valence-electron chi connectivity index (χ3n) is 4.40. The second kappa shape index (κ2) is 9.17. The van der Waals surface area contributed by atoms with Crippen molar-refractivity contribution in [1.82, 2.24) is 4.90 Å². The molecule has 3 aromatic rings. The molecule has 0 fully saturated rings. The Morgan fingerprint density at radius 2 is 1.82 bits per heavy atom. The fourth-order valence-electron chi connectivity index (χ4n) is 2.99. The van der Waals surface area contributed by atoms with Gasteiger partial charge < -0.3 is 10.2 Å². The first-order chi connectivity index (χ1) is 13.4. The van der Waals surface area contributed by atoms with Gasteiger partial charge in [0.05, 0.1) is 14.7 Å². The summed E-state index contributed by atoms with van der Waals surface area (Å²) in [4.78, 5) is 27.2. The Bertz CT molecular complexity index is 971. The van der Waals surface area contributed by atoms with Crippen LogP contribution < -0.4 is 5.32 Å². The fourth-order valence-corrected chi connectivity index (χ4v) is 4.34. The standard InChI is InChI=1S/C22H21BrN2O2S/c1-15(18-9-6-10-19(13-18)24-16(2)26)25(14-17-7-4-3-5-8-17)22(27)20-11-12-21(23)28-20/h3-13,15H,14H2,1-2H3,(H,24,26). The van der Waals surface area contributed by atoms with Crippen LogP contribution in [-0.4, -0.2) is 16.7 Å². The first kappa shape index (κ1) is 20.3. The van der Waals surface area contributed by atoms with E-state index in [1.807, 2.05) is 78.6 Å². The van der Waals surface area contributed by atoms with Gasteiger partial charge in [-0.05, 0) is 58.2 Å². The van der Waals surface area contributed by atoms with Crippen LogP contribution >= 0.6 is 27.3 Å². The number of carbonyl (C=O) groups excluding carboxylic acids is 2. The van der Waals surface area contributed by atoms with Crippen molar-refractivity contribution < 1.29 is 9.59 Å². The van der Waals surface area contributed by atoms with Crippen LogP contribution in [0, 0.1) is 0 Å². The average Bonchev–Trinajstić information content (AvgIpc) is 3.12. The highest BCUT2D eigenvalue weighted by atomic mass is 79.9. The number of halogens is 1. The predicted molar refractivity (Wildman–Crippen MR) is 117 cm³/mol. The molecule has 1 N–H and O–H groups in total. The third kappa shape index (κ3) is 5.09. The Hall–Kier alpha value is -2.44. The number of anilines is 1. The van der Waals surface area contributed by atoms with E-state index in [1.165, 1.54) is 18.3 Å². The highest BCUT2D eigenvalue weighted by molar-refractivity contribution is 9.11. The first-order valence-electron chi connectivity index (χ1n) is 8.92. The normalized spacial score (nSPS) is 11.7. The minimum atomic E-state index is -0.165. The molecule has 0 aliphatic carbocycles. The van der Waals surface area contributed by atoms with Crippen molar-refractivity contribution in [2.75, 3.05) is 5.32 Å². The van der Waals surface area contributed by atoms with E-state index in [0.29, 0.717) is 11.4 Å². The zero-order valence-corrected chi connectivity index (χ0v) is 18.1. The highest BCUT2D eigenvalue weighted by Gasteiger charge is 2.24. The maximum Gasteiger partial charge on any atom is 0.264 e. The maximum absolute atomic E-state index is 13.3. The lowest BCUT2D eigenvalue weighted by molar-refractivity contribution is -0.114. The maximum atomic E-state index is 13.3. The van der Waals surface area contributed by atoms with Crippen LogP contribution in [0.5, 0.6) is 0 Å². The van der Waals surface area contributed by atoms with E-state index < -0.39 is 0 Å². The number of thiophene rings is 1. The largest absolute Gasteiger partial charge is 0.327 e. The zero-order chi connectivity index (χ0) is 20.1. The molecule has 1 unspecified atom stereocenters. The second-order valence-electron chi connectivity index (χ2n) is 6.51. The number of nitrogens with one attached hydrogen (secondary N) is 1. The smallest absolute Gasteiger partial charge is 0.264 e. The van der Waals surface area contributed by atoms with Crippen molar-refractivity contribution in [2.45, 2.75) is 26.4 Å². The summed E-state index contributed by atoms with van der Waals surface area (Å²) in [6.07, 6.45) is 0. The SMILES string of the molecule is CC(=O)Nc1cccc(C(C)N(Cc2ccccc2)C(=O)c2ccc(Br)s2)c1. The number of hydrogen-bond donors (Lipinski definition) is 1. The molecule has 0 bridgehead atoms. The van der Waals surface area contributed by atoms with Crippen LogP contribution in [-0.2, 0) is 11.3 Å². The molecule has 1 heterocycles. The lowest BCUT2D eigenvalue weighted by atomic mass is 10.0. The molecule has 0 aliphatic heterocycles. The summed E-state index contributed by atoms with van der Waals surface area (Å²) in [5, 5.41) is 2.81. The number of hydrogen-bond acceptors (Lipinski definition) is 3. The summed E-state index contributed by atoms with van der Waals surface area (Å²) in [5.74, 6) is -0.137. The number of amides is 2. The molecule has 4 nitrogen and oxygen atoms in total. The predicted octanol–water partition coefficient (Wildman–Crippen LogP) is 5.87. The van der Waals surface area contributed by atoms with Crippen LogP contribution in [0.15, 0.2) is 70.5 Å². The molecule has 144 valence electrons. The summed E-state index contributed by atoms with van der Waals surface area (Å²) in [7, 11) is 0. The molecule has 0 saturated heterocycles. The van der Waals surface area contributed by atoms with E-state index >= 15 is 0 Å². The van der Waals surface area contributed by atoms with Gasteiger partial charge in [0.1, 0.15) is 0 Å². The molecule has 3 rings (SSSR count). The number of rotatable bonds is 6. The van der Waals surface area contributed by atoms with Crippen LogP contribution in [0.2, 0.25) is 0 Å². The van der Waals surface area contributed by atoms with Gasteiger partial charge in [0.2, 0.25) is 5.91 Å². The lowest BCUT2D eigenvalue weighted by Gasteiger charge is -2.30. The number of benzene rings is 2. The van der Waals surface area contributed by atoms with Crippen molar-refractivity contribution in [1.29, 1.82) is 0 Å². The molecule has 0 spiro atoms. The molecule has 2 amide bonds. The summed E-state index contributed by atoms with van der Waals surface area (Å²) < 4.78 is 0.927. The quantitative estimate of drug-likeness (QED) is 0.503. The van der Waals surface area contributed by atoms with Crippen molar-refractivity contribution in [3.63, 3.8) is 0 Å². The Labute approximate surface area is 177 Å². The van der Waals surface area contributed by atoms with E-state index in [-0.39, 0.29) is 17.9 Å². The van der Waals surface area contributed by atoms with Gasteiger partial charge in [-0.25, -0.2) is 0 Å². The minimum Gasteiger partial charge on any atom is -0.327 e. The van der Waals surface area contributed by atoms with E-state index in [2.05, 4.69) is 21.2 Å². The van der Waals surface area contributed by atoms with Crippen LogP contribution in [0.25, 0.3) is 0 Å². The highest BCUT2D eigenvalue weighted by Crippen LogP contribution is 2.30. The third-order valence-corrected chi connectivity index (χ3v) is 6.01. The average molecular weight is 457 g/mol. The van der Waals surface area contributed by atoms with Gasteiger partial charge >= 0.3 is 0 Å². The topological polar surface area (TPSA) is 49.4 Å². The summed E-state index contributed by atoms with van der Waals surface area (Å²) >= 11 is 4.87. The van der Waals surface area contributed by atoms with Crippen LogP contribution in [0.4, 0.5) is 5.69 Å². The molecule has 0 radical (unpaired) electrons. The molecule has 28 heavy (non-hydrogen) atoms. The van der Waals surface area contributed by atoms with E-state index in [0.717, 1.165) is 20.6 Å². The lowest BCUT2D eigenvalue weighted by Crippen LogP contribution is -2.32. The molecule has 0 saturated carbocycles. The molecule has 1 atom stereocenters. The Morgan fingerprint density at radius 3 is 2.46 bits per heavy atom. The summed E-state index contributed by atoms with van der Waals surface area (Å²) in [6, 6.07) is 21.2.